The van der Waals surface area contributed by atoms with Gasteiger partial charge in [-0.05, 0) is 36.5 Å². The van der Waals surface area contributed by atoms with Crippen molar-refractivity contribution in [3.05, 3.63) is 30.1 Å². The normalized spacial score (nSPS) is 14.7. The molecule has 1 aromatic heterocycles. The van der Waals surface area contributed by atoms with Crippen molar-refractivity contribution in [2.45, 2.75) is 52.0 Å². The summed E-state index contributed by atoms with van der Waals surface area (Å²) >= 11 is 0. The molecule has 0 saturated carbocycles. The Kier molecular flexibility index (Phi) is 6.09. The number of nitrogens with two attached hydrogens (primary N) is 1. The quantitative estimate of drug-likeness (QED) is 0.766. The molecule has 0 fully saturated rings. The Morgan fingerprint density at radius 1 is 1.25 bits per heavy atom. The maximum atomic E-state index is 6.28. The molecule has 16 heavy (non-hydrogen) atoms. The van der Waals surface area contributed by atoms with Gasteiger partial charge in [-0.1, -0.05) is 33.1 Å². The summed E-state index contributed by atoms with van der Waals surface area (Å²) < 4.78 is 0. The second-order valence-electron chi connectivity index (χ2n) is 4.53. The summed E-state index contributed by atoms with van der Waals surface area (Å²) in [6.45, 7) is 4.48. The summed E-state index contributed by atoms with van der Waals surface area (Å²) in [4.78, 5) is 4.03. The predicted molar refractivity (Wildman–Crippen MR) is 69.2 cm³/mol. The van der Waals surface area contributed by atoms with E-state index in [0.717, 1.165) is 6.42 Å². The van der Waals surface area contributed by atoms with E-state index in [4.69, 9.17) is 5.73 Å². The lowest BCUT2D eigenvalue weighted by atomic mass is 9.88. The molecule has 0 amide bonds. The third-order valence-corrected chi connectivity index (χ3v) is 3.28. The molecule has 0 bridgehead atoms. The molecule has 0 radical (unpaired) electrons. The predicted octanol–water partition coefficient (Wildman–Crippen LogP) is 3.17. The van der Waals surface area contributed by atoms with Crippen molar-refractivity contribution in [3.63, 3.8) is 0 Å². The highest BCUT2D eigenvalue weighted by Gasteiger charge is 2.15. The number of nitrogens with zero attached hydrogens (tertiary/aromatic N) is 1. The minimum absolute atomic E-state index is 0.291. The fourth-order valence-corrected chi connectivity index (χ4v) is 2.14. The van der Waals surface area contributed by atoms with Gasteiger partial charge in [0.2, 0.25) is 0 Å². The number of unbranched alkanes of at least 4 members (excludes halogenated alkanes) is 1. The van der Waals surface area contributed by atoms with Gasteiger partial charge in [0.25, 0.3) is 0 Å². The Labute approximate surface area is 99.3 Å². The molecular formula is C14H24N2. The van der Waals surface area contributed by atoms with E-state index in [1.54, 1.807) is 0 Å². The maximum absolute atomic E-state index is 6.28. The van der Waals surface area contributed by atoms with Crippen LogP contribution in [0.25, 0.3) is 0 Å². The Morgan fingerprint density at radius 3 is 2.50 bits per heavy atom. The summed E-state index contributed by atoms with van der Waals surface area (Å²) in [6, 6.07) is 4.41. The van der Waals surface area contributed by atoms with E-state index < -0.39 is 0 Å². The molecule has 0 aromatic carbocycles. The van der Waals surface area contributed by atoms with Crippen LogP contribution in [-0.2, 0) is 6.42 Å². The molecule has 0 aliphatic carbocycles. The molecule has 2 atom stereocenters. The van der Waals surface area contributed by atoms with Crippen molar-refractivity contribution in [3.8, 4) is 0 Å². The summed E-state index contributed by atoms with van der Waals surface area (Å²) in [5.41, 5.74) is 7.58. The third-order valence-electron chi connectivity index (χ3n) is 3.28. The molecule has 0 aliphatic heterocycles. The topological polar surface area (TPSA) is 38.9 Å². The number of aromatic nitrogens is 1. The van der Waals surface area contributed by atoms with Gasteiger partial charge < -0.3 is 5.73 Å². The lowest BCUT2D eigenvalue weighted by molar-refractivity contribution is 0.369. The molecule has 2 nitrogen and oxygen atoms in total. The summed E-state index contributed by atoms with van der Waals surface area (Å²) in [5, 5.41) is 0. The van der Waals surface area contributed by atoms with Gasteiger partial charge in [0.15, 0.2) is 0 Å². The van der Waals surface area contributed by atoms with E-state index in [2.05, 4.69) is 31.0 Å². The van der Waals surface area contributed by atoms with E-state index in [1.165, 1.54) is 31.2 Å². The molecule has 1 aromatic rings. The lowest BCUT2D eigenvalue weighted by Crippen LogP contribution is -2.32. The first kappa shape index (κ1) is 13.2. The highest BCUT2D eigenvalue weighted by Crippen LogP contribution is 2.18. The zero-order chi connectivity index (χ0) is 11.8. The van der Waals surface area contributed by atoms with E-state index in [0.29, 0.717) is 12.0 Å². The molecule has 2 heteroatoms. The van der Waals surface area contributed by atoms with Crippen LogP contribution in [0.3, 0.4) is 0 Å². The van der Waals surface area contributed by atoms with Crippen LogP contribution in [0.5, 0.6) is 0 Å². The van der Waals surface area contributed by atoms with Crippen LogP contribution in [0.15, 0.2) is 24.5 Å². The van der Waals surface area contributed by atoms with Gasteiger partial charge in [-0.25, -0.2) is 0 Å². The molecule has 1 heterocycles. The summed E-state index contributed by atoms with van der Waals surface area (Å²) in [7, 11) is 0. The van der Waals surface area contributed by atoms with Crippen LogP contribution < -0.4 is 5.73 Å². The van der Waals surface area contributed by atoms with Crippen molar-refractivity contribution in [1.82, 2.24) is 4.98 Å². The van der Waals surface area contributed by atoms with Crippen molar-refractivity contribution >= 4 is 0 Å². The van der Waals surface area contributed by atoms with Crippen molar-refractivity contribution in [2.24, 2.45) is 11.7 Å². The monoisotopic (exact) mass is 220 g/mol. The van der Waals surface area contributed by atoms with Gasteiger partial charge in [-0.3, -0.25) is 4.98 Å². The minimum atomic E-state index is 0.291. The van der Waals surface area contributed by atoms with Gasteiger partial charge in [0.05, 0.1) is 0 Å². The first-order valence-electron chi connectivity index (χ1n) is 6.42. The highest BCUT2D eigenvalue weighted by molar-refractivity contribution is 5.11. The number of hydrogen-bond donors (Lipinski definition) is 1. The van der Waals surface area contributed by atoms with E-state index in [9.17, 15) is 0 Å². The Bertz CT molecular complexity index is 271. The standard InChI is InChI=1S/C14H24N2/c1-3-5-6-13(4-2)14(15)11-12-7-9-16-10-8-12/h7-10,13-14H,3-6,11,15H2,1-2H3. The number of pyridine rings is 1. The first-order valence-corrected chi connectivity index (χ1v) is 6.42. The molecule has 0 aliphatic rings. The maximum Gasteiger partial charge on any atom is 0.0270 e. The van der Waals surface area contributed by atoms with E-state index in [-0.39, 0.29) is 0 Å². The van der Waals surface area contributed by atoms with Gasteiger partial charge in [-0.15, -0.1) is 0 Å². The Balaban J connectivity index is 2.46. The third kappa shape index (κ3) is 4.31. The molecular weight excluding hydrogens is 196 g/mol. The van der Waals surface area contributed by atoms with Crippen molar-refractivity contribution < 1.29 is 0 Å². The lowest BCUT2D eigenvalue weighted by Gasteiger charge is -2.22. The minimum Gasteiger partial charge on any atom is -0.327 e. The summed E-state index contributed by atoms with van der Waals surface area (Å²) in [6.07, 6.45) is 9.67. The molecule has 0 saturated heterocycles. The van der Waals surface area contributed by atoms with Gasteiger partial charge in [-0.2, -0.15) is 0 Å². The number of rotatable bonds is 7. The molecule has 90 valence electrons. The highest BCUT2D eigenvalue weighted by atomic mass is 14.7. The SMILES string of the molecule is CCCCC(CC)C(N)Cc1ccncc1. The van der Waals surface area contributed by atoms with Crippen molar-refractivity contribution in [2.75, 3.05) is 0 Å². The summed E-state index contributed by atoms with van der Waals surface area (Å²) in [5.74, 6) is 0.660. The van der Waals surface area contributed by atoms with Crippen LogP contribution in [0, 0.1) is 5.92 Å². The first-order chi connectivity index (χ1) is 7.77. The van der Waals surface area contributed by atoms with Crippen LogP contribution in [0.4, 0.5) is 0 Å². The average Bonchev–Trinajstić information content (AvgIpc) is 2.31. The average molecular weight is 220 g/mol. The zero-order valence-electron chi connectivity index (χ0n) is 10.5. The Morgan fingerprint density at radius 2 is 1.94 bits per heavy atom. The second kappa shape index (κ2) is 7.39. The molecule has 1 rings (SSSR count). The smallest absolute Gasteiger partial charge is 0.0270 e. The van der Waals surface area contributed by atoms with Gasteiger partial charge >= 0.3 is 0 Å². The fourth-order valence-electron chi connectivity index (χ4n) is 2.14. The molecule has 0 spiro atoms. The van der Waals surface area contributed by atoms with Gasteiger partial charge in [0.1, 0.15) is 0 Å². The molecule has 2 N–H and O–H groups in total. The van der Waals surface area contributed by atoms with Crippen LogP contribution in [0.2, 0.25) is 0 Å². The van der Waals surface area contributed by atoms with Gasteiger partial charge in [0, 0.05) is 18.4 Å². The van der Waals surface area contributed by atoms with Crippen molar-refractivity contribution in [1.29, 1.82) is 0 Å². The fraction of sp³-hybridized carbons (Fsp3) is 0.643. The second-order valence-corrected chi connectivity index (χ2v) is 4.53. The van der Waals surface area contributed by atoms with Crippen LogP contribution in [-0.4, -0.2) is 11.0 Å². The zero-order valence-corrected chi connectivity index (χ0v) is 10.5. The number of hydrogen-bond acceptors (Lipinski definition) is 2. The Hall–Kier alpha value is -0.890. The van der Waals surface area contributed by atoms with Crippen LogP contribution in [0.1, 0.15) is 45.1 Å². The largest absolute Gasteiger partial charge is 0.327 e. The van der Waals surface area contributed by atoms with E-state index in [1.807, 2.05) is 12.4 Å². The van der Waals surface area contributed by atoms with E-state index >= 15 is 0 Å². The van der Waals surface area contributed by atoms with Crippen LogP contribution >= 0.6 is 0 Å². The molecule has 2 unspecified atom stereocenters.